The van der Waals surface area contributed by atoms with E-state index in [0.29, 0.717) is 5.82 Å². The summed E-state index contributed by atoms with van der Waals surface area (Å²) in [6, 6.07) is 3.57. The molecule has 0 spiro atoms. The second-order valence-electron chi connectivity index (χ2n) is 5.74. The van der Waals surface area contributed by atoms with Gasteiger partial charge in [-0.05, 0) is 28.1 Å². The largest absolute Gasteiger partial charge is 0.416 e. The predicted molar refractivity (Wildman–Crippen MR) is 98.9 cm³/mol. The lowest BCUT2D eigenvalue weighted by Gasteiger charge is -2.30. The van der Waals surface area contributed by atoms with Crippen molar-refractivity contribution >= 4 is 49.7 Å². The molecule has 0 saturated carbocycles. The fourth-order valence-corrected chi connectivity index (χ4v) is 5.22. The van der Waals surface area contributed by atoms with Gasteiger partial charge in [0.15, 0.2) is 4.91 Å². The predicted octanol–water partition coefficient (Wildman–Crippen LogP) is 3.45. The summed E-state index contributed by atoms with van der Waals surface area (Å²) in [6.45, 7) is 0.235. The smallest absolute Gasteiger partial charge is 0.329 e. The molecule has 1 saturated heterocycles. The Morgan fingerprint density at radius 2 is 2.19 bits per heavy atom. The number of hydrogen-bond acceptors (Lipinski definition) is 5. The highest BCUT2D eigenvalue weighted by atomic mass is 79.9. The van der Waals surface area contributed by atoms with Crippen LogP contribution in [0.3, 0.4) is 0 Å². The molecule has 3 rings (SSSR count). The molecular formula is C15H12BrClF3N4O2S+. The van der Waals surface area contributed by atoms with Gasteiger partial charge in [0.25, 0.3) is 5.82 Å². The second kappa shape index (κ2) is 6.86. The van der Waals surface area contributed by atoms with E-state index in [4.69, 9.17) is 16.3 Å². The van der Waals surface area contributed by atoms with Gasteiger partial charge in [0.05, 0.1) is 20.8 Å². The summed E-state index contributed by atoms with van der Waals surface area (Å²) in [6.07, 6.45) is -3.93. The maximum Gasteiger partial charge on any atom is 0.416 e. The van der Waals surface area contributed by atoms with Crippen molar-refractivity contribution in [3.8, 4) is 6.07 Å². The van der Waals surface area contributed by atoms with Crippen molar-refractivity contribution in [2.45, 2.75) is 12.4 Å². The van der Waals surface area contributed by atoms with E-state index in [-0.39, 0.29) is 32.3 Å². The third-order valence-corrected chi connectivity index (χ3v) is 6.09. The number of hydrogen-bond donors (Lipinski definition) is 1. The monoisotopic (exact) mass is 483 g/mol. The van der Waals surface area contributed by atoms with Crippen LogP contribution in [0.2, 0.25) is 5.02 Å². The third-order valence-electron chi connectivity index (χ3n) is 4.24. The van der Waals surface area contributed by atoms with E-state index in [0.717, 1.165) is 12.1 Å². The van der Waals surface area contributed by atoms with Crippen molar-refractivity contribution in [2.24, 2.45) is 5.10 Å². The molecule has 27 heavy (non-hydrogen) atoms. The Balaban J connectivity index is 2.36. The Labute approximate surface area is 168 Å². The number of quaternary nitrogens is 1. The fraction of sp³-hybridized carbons (Fsp3) is 0.333. The first kappa shape index (κ1) is 20.3. The Morgan fingerprint density at radius 3 is 2.67 bits per heavy atom. The molecular weight excluding hydrogens is 473 g/mol. The summed E-state index contributed by atoms with van der Waals surface area (Å²) in [5.41, 5.74) is -0.872. The minimum absolute atomic E-state index is 0.0368. The summed E-state index contributed by atoms with van der Waals surface area (Å²) < 4.78 is 56.5. The second-order valence-corrected chi connectivity index (χ2v) is 8.31. The van der Waals surface area contributed by atoms with Crippen LogP contribution in [0, 0.1) is 11.3 Å². The Morgan fingerprint density at radius 1 is 1.52 bits per heavy atom. The van der Waals surface area contributed by atoms with Crippen LogP contribution in [0.25, 0.3) is 0 Å². The van der Waals surface area contributed by atoms with E-state index in [1.54, 1.807) is 0 Å². The van der Waals surface area contributed by atoms with Crippen LogP contribution in [0.15, 0.2) is 32.4 Å². The number of methoxy groups -OCH3 is 1. The highest BCUT2D eigenvalue weighted by Gasteiger charge is 2.59. The highest BCUT2D eigenvalue weighted by Crippen LogP contribution is 2.50. The van der Waals surface area contributed by atoms with Gasteiger partial charge in [-0.1, -0.05) is 21.3 Å². The molecule has 1 fully saturated rings. The van der Waals surface area contributed by atoms with Gasteiger partial charge in [0.2, 0.25) is 17.6 Å². The van der Waals surface area contributed by atoms with Gasteiger partial charge in [0, 0.05) is 13.4 Å². The summed E-state index contributed by atoms with van der Waals surface area (Å²) in [5.74, 6) is 0.293. The van der Waals surface area contributed by atoms with Crippen molar-refractivity contribution in [3.63, 3.8) is 0 Å². The molecule has 0 radical (unpaired) electrons. The molecule has 1 aromatic rings. The lowest BCUT2D eigenvalue weighted by molar-refractivity contribution is -0.137. The zero-order chi connectivity index (χ0) is 20.1. The first-order valence-electron chi connectivity index (χ1n) is 7.39. The summed E-state index contributed by atoms with van der Waals surface area (Å²) in [5, 5.41) is 16.6. The van der Waals surface area contributed by atoms with Crippen molar-refractivity contribution in [1.29, 1.82) is 5.26 Å². The maximum atomic E-state index is 13.1. The van der Waals surface area contributed by atoms with Crippen LogP contribution in [-0.4, -0.2) is 36.1 Å². The molecule has 2 aliphatic heterocycles. The average Bonchev–Trinajstić information content (AvgIpc) is 3.06. The minimum Gasteiger partial charge on any atom is -0.329 e. The summed E-state index contributed by atoms with van der Waals surface area (Å²) >= 11 is 9.40. The number of nitrogens with one attached hydrogen (secondary N) is 1. The number of benzene rings is 1. The van der Waals surface area contributed by atoms with E-state index in [1.807, 2.05) is 6.07 Å². The maximum absolute atomic E-state index is 13.1. The van der Waals surface area contributed by atoms with Crippen LogP contribution in [0.4, 0.5) is 18.9 Å². The number of allylic oxidation sites excluding steroid dienone is 1. The zero-order valence-corrected chi connectivity index (χ0v) is 17.1. The molecule has 3 atom stereocenters. The quantitative estimate of drug-likeness (QED) is 0.667. The first-order valence-corrected chi connectivity index (χ1v) is 10.1. The molecule has 3 unspecified atom stereocenters. The van der Waals surface area contributed by atoms with Gasteiger partial charge in [-0.25, -0.2) is 0 Å². The lowest BCUT2D eigenvalue weighted by atomic mass is 10.1. The fourth-order valence-electron chi connectivity index (χ4n) is 3.19. The molecule has 0 aliphatic carbocycles. The molecule has 2 heterocycles. The summed E-state index contributed by atoms with van der Waals surface area (Å²) in [4.78, 5) is 0.167. The molecule has 0 aromatic heterocycles. The number of fused-ring (bicyclic) bond motifs is 1. The van der Waals surface area contributed by atoms with Gasteiger partial charge in [-0.2, -0.15) is 18.4 Å². The third kappa shape index (κ3) is 3.00. The van der Waals surface area contributed by atoms with E-state index in [1.165, 1.54) is 13.4 Å². The molecule has 6 nitrogen and oxygen atoms in total. The summed E-state index contributed by atoms with van der Waals surface area (Å²) in [7, 11) is -0.169. The molecule has 2 aliphatic rings. The van der Waals surface area contributed by atoms with Gasteiger partial charge >= 0.3 is 6.18 Å². The van der Waals surface area contributed by atoms with Crippen LogP contribution in [-0.2, 0) is 21.7 Å². The SMILES string of the molecule is COC1CNC2=C(S(C)=O)C(C#N)=N[N+]21c1c(Cl)cc(C(F)(F)F)cc1Br. The number of rotatable bonds is 3. The lowest BCUT2D eigenvalue weighted by Crippen LogP contribution is -2.48. The van der Waals surface area contributed by atoms with Crippen molar-refractivity contribution in [3.05, 3.63) is 37.9 Å². The Hall–Kier alpha value is -1.45. The zero-order valence-electron chi connectivity index (χ0n) is 13.9. The van der Waals surface area contributed by atoms with Gasteiger partial charge < -0.3 is 10.1 Å². The standard InChI is InChI=1S/C15H12BrClF3N4O2S/c1-26-11-6-22-14-13(27(2)25)10(5-21)23-24(11,14)12-8(16)3-7(4-9(12)17)15(18,19)20/h3-4,11,22H,6H2,1-2H3/q+1. The average molecular weight is 485 g/mol. The molecule has 144 valence electrons. The van der Waals surface area contributed by atoms with Crippen LogP contribution in [0.1, 0.15) is 5.56 Å². The van der Waals surface area contributed by atoms with Crippen LogP contribution in [0.5, 0.6) is 0 Å². The Kier molecular flexibility index (Phi) is 5.15. The molecule has 1 aromatic carbocycles. The van der Waals surface area contributed by atoms with Gasteiger partial charge in [0.1, 0.15) is 17.6 Å². The number of nitrogens with zero attached hydrogens (tertiary/aromatic N) is 3. The topological polar surface area (TPSA) is 74.5 Å². The van der Waals surface area contributed by atoms with Crippen molar-refractivity contribution in [1.82, 2.24) is 9.91 Å². The molecule has 0 amide bonds. The number of alkyl halides is 3. The minimum atomic E-state index is -4.59. The molecule has 0 bridgehead atoms. The van der Waals surface area contributed by atoms with Gasteiger partial charge in [-0.15, -0.1) is 0 Å². The normalized spacial score (nSPS) is 25.7. The highest BCUT2D eigenvalue weighted by molar-refractivity contribution is 9.10. The number of nitriles is 1. The van der Waals surface area contributed by atoms with E-state index >= 15 is 0 Å². The van der Waals surface area contributed by atoms with Crippen LogP contribution < -0.4 is 9.91 Å². The first-order chi connectivity index (χ1) is 12.6. The van der Waals surface area contributed by atoms with Crippen molar-refractivity contribution in [2.75, 3.05) is 19.9 Å². The number of halogens is 5. The van der Waals surface area contributed by atoms with E-state index in [9.17, 15) is 22.6 Å². The molecule has 1 N–H and O–H groups in total. The number of ether oxygens (including phenoxy) is 1. The van der Waals surface area contributed by atoms with Gasteiger partial charge in [-0.3, -0.25) is 4.21 Å². The van der Waals surface area contributed by atoms with E-state index in [2.05, 4.69) is 26.3 Å². The Bertz CT molecular complexity index is 936. The van der Waals surface area contributed by atoms with Crippen LogP contribution >= 0.6 is 27.5 Å². The van der Waals surface area contributed by atoms with E-state index < -0.39 is 33.4 Å². The van der Waals surface area contributed by atoms with Crippen molar-refractivity contribution < 1.29 is 22.1 Å². The molecule has 12 heteroatoms.